The summed E-state index contributed by atoms with van der Waals surface area (Å²) in [5.74, 6) is 0. The highest BCUT2D eigenvalue weighted by Crippen LogP contribution is 2.10. The predicted octanol–water partition coefficient (Wildman–Crippen LogP) is 3.08. The molecule has 0 aliphatic carbocycles. The van der Waals surface area contributed by atoms with E-state index in [2.05, 4.69) is 54.9 Å². The van der Waals surface area contributed by atoms with E-state index in [1.54, 1.807) is 0 Å². The summed E-state index contributed by atoms with van der Waals surface area (Å²) in [6, 6.07) is 4.28. The topological polar surface area (TPSA) is 29.9 Å². The van der Waals surface area contributed by atoms with Crippen molar-refractivity contribution in [1.29, 1.82) is 0 Å². The van der Waals surface area contributed by atoms with Crippen LogP contribution in [0.4, 0.5) is 0 Å². The molecular weight excluding hydrogens is 242 g/mol. The number of aryl methyl sites for hydroxylation is 2. The minimum atomic E-state index is 0.152. The van der Waals surface area contributed by atoms with Crippen molar-refractivity contribution < 1.29 is 0 Å². The third-order valence-electron chi connectivity index (χ3n) is 2.68. The van der Waals surface area contributed by atoms with Gasteiger partial charge in [0.25, 0.3) is 0 Å². The minimum Gasteiger partial charge on any atom is -0.308 e. The number of nitrogens with zero attached hydrogens (tertiary/aromatic N) is 2. The fraction of sp³-hybridized carbons (Fsp3) is 0.500. The predicted molar refractivity (Wildman–Crippen MR) is 76.8 cm³/mol. The van der Waals surface area contributed by atoms with Gasteiger partial charge in [-0.05, 0) is 32.2 Å². The van der Waals surface area contributed by atoms with Crippen LogP contribution in [-0.4, -0.2) is 15.3 Å². The van der Waals surface area contributed by atoms with E-state index in [-0.39, 0.29) is 5.54 Å². The molecule has 0 fully saturated rings. The number of nitrogens with one attached hydrogen (secondary N) is 1. The van der Waals surface area contributed by atoms with Gasteiger partial charge in [0, 0.05) is 41.7 Å². The maximum absolute atomic E-state index is 4.40. The molecule has 3 nitrogen and oxygen atoms in total. The lowest BCUT2D eigenvalue weighted by atomic mass is 10.1. The molecule has 2 rings (SSSR count). The molecule has 0 aromatic carbocycles. The van der Waals surface area contributed by atoms with Crippen molar-refractivity contribution in [3.05, 3.63) is 40.3 Å². The van der Waals surface area contributed by atoms with Gasteiger partial charge in [0.2, 0.25) is 0 Å². The first-order valence-corrected chi connectivity index (χ1v) is 7.20. The summed E-state index contributed by atoms with van der Waals surface area (Å²) < 4.78 is 2.03. The van der Waals surface area contributed by atoms with Gasteiger partial charge in [-0.15, -0.1) is 11.3 Å². The van der Waals surface area contributed by atoms with Gasteiger partial charge in [-0.1, -0.05) is 6.07 Å². The van der Waals surface area contributed by atoms with E-state index < -0.39 is 0 Å². The molecule has 0 saturated carbocycles. The van der Waals surface area contributed by atoms with Crippen molar-refractivity contribution in [2.75, 3.05) is 0 Å². The van der Waals surface area contributed by atoms with Crippen LogP contribution in [-0.2, 0) is 19.5 Å². The van der Waals surface area contributed by atoms with Crippen LogP contribution in [0.15, 0.2) is 29.9 Å². The number of hydrogen-bond donors (Lipinski definition) is 1. The molecular formula is C14H21N3S. The van der Waals surface area contributed by atoms with Crippen molar-refractivity contribution in [3.8, 4) is 0 Å². The van der Waals surface area contributed by atoms with Crippen LogP contribution in [0.1, 0.15) is 31.2 Å². The summed E-state index contributed by atoms with van der Waals surface area (Å²) in [6.07, 6.45) is 5.14. The van der Waals surface area contributed by atoms with E-state index in [0.29, 0.717) is 0 Å². The zero-order chi connectivity index (χ0) is 13.0. The van der Waals surface area contributed by atoms with Gasteiger partial charge < -0.3 is 5.32 Å². The fourth-order valence-electron chi connectivity index (χ4n) is 1.67. The maximum Gasteiger partial charge on any atom is 0.0534 e. The second-order valence-electron chi connectivity index (χ2n) is 5.54. The molecule has 2 aromatic heterocycles. The summed E-state index contributed by atoms with van der Waals surface area (Å²) in [4.78, 5) is 1.42. The highest BCUT2D eigenvalue weighted by atomic mass is 32.1. The number of aromatic nitrogens is 2. The minimum absolute atomic E-state index is 0.152. The lowest BCUT2D eigenvalue weighted by Crippen LogP contribution is -2.34. The molecule has 0 atom stereocenters. The SMILES string of the molecule is CC(C)(C)NCc1cnn(CCc2cccs2)c1. The Morgan fingerprint density at radius 2 is 2.22 bits per heavy atom. The normalized spacial score (nSPS) is 11.9. The highest BCUT2D eigenvalue weighted by Gasteiger charge is 2.09. The Labute approximate surface area is 113 Å². The van der Waals surface area contributed by atoms with E-state index in [1.165, 1.54) is 10.4 Å². The molecule has 0 aliphatic heterocycles. The highest BCUT2D eigenvalue weighted by molar-refractivity contribution is 7.09. The molecule has 1 N–H and O–H groups in total. The summed E-state index contributed by atoms with van der Waals surface area (Å²) >= 11 is 1.81. The Morgan fingerprint density at radius 1 is 1.39 bits per heavy atom. The van der Waals surface area contributed by atoms with Gasteiger partial charge in [-0.25, -0.2) is 0 Å². The zero-order valence-corrected chi connectivity index (χ0v) is 12.1. The van der Waals surface area contributed by atoms with Crippen LogP contribution < -0.4 is 5.32 Å². The number of hydrogen-bond acceptors (Lipinski definition) is 3. The van der Waals surface area contributed by atoms with E-state index in [9.17, 15) is 0 Å². The van der Waals surface area contributed by atoms with Crippen LogP contribution >= 0.6 is 11.3 Å². The Bertz CT molecular complexity index is 465. The Hall–Kier alpha value is -1.13. The third-order valence-corrected chi connectivity index (χ3v) is 3.61. The first-order valence-electron chi connectivity index (χ1n) is 6.32. The number of thiophene rings is 1. The first kappa shape index (κ1) is 13.3. The molecule has 0 radical (unpaired) electrons. The Balaban J connectivity index is 1.82. The molecule has 0 unspecified atom stereocenters. The zero-order valence-electron chi connectivity index (χ0n) is 11.3. The molecule has 98 valence electrons. The van der Waals surface area contributed by atoms with Crippen LogP contribution in [0, 0.1) is 0 Å². The second kappa shape index (κ2) is 5.67. The third kappa shape index (κ3) is 4.27. The van der Waals surface area contributed by atoms with Crippen molar-refractivity contribution in [1.82, 2.24) is 15.1 Å². The van der Waals surface area contributed by atoms with E-state index in [1.807, 2.05) is 22.2 Å². The van der Waals surface area contributed by atoms with Crippen LogP contribution in [0.2, 0.25) is 0 Å². The molecule has 2 heterocycles. The van der Waals surface area contributed by atoms with E-state index in [4.69, 9.17) is 0 Å². The van der Waals surface area contributed by atoms with Crippen LogP contribution in [0.5, 0.6) is 0 Å². The summed E-state index contributed by atoms with van der Waals surface area (Å²) in [6.45, 7) is 8.36. The van der Waals surface area contributed by atoms with Gasteiger partial charge in [0.05, 0.1) is 6.20 Å². The molecule has 18 heavy (non-hydrogen) atoms. The molecule has 0 bridgehead atoms. The lowest BCUT2D eigenvalue weighted by Gasteiger charge is -2.19. The summed E-state index contributed by atoms with van der Waals surface area (Å²) in [5.41, 5.74) is 1.40. The summed E-state index contributed by atoms with van der Waals surface area (Å²) in [5, 5.41) is 9.99. The van der Waals surface area contributed by atoms with Gasteiger partial charge in [0.1, 0.15) is 0 Å². The van der Waals surface area contributed by atoms with Crippen LogP contribution in [0.25, 0.3) is 0 Å². The monoisotopic (exact) mass is 263 g/mol. The molecule has 2 aromatic rings. The Morgan fingerprint density at radius 3 is 2.89 bits per heavy atom. The molecule has 4 heteroatoms. The quantitative estimate of drug-likeness (QED) is 0.898. The van der Waals surface area contributed by atoms with Gasteiger partial charge in [0.15, 0.2) is 0 Å². The van der Waals surface area contributed by atoms with Gasteiger partial charge >= 0.3 is 0 Å². The molecule has 0 aliphatic rings. The van der Waals surface area contributed by atoms with Gasteiger partial charge in [-0.2, -0.15) is 5.10 Å². The van der Waals surface area contributed by atoms with Crippen molar-refractivity contribution in [2.24, 2.45) is 0 Å². The lowest BCUT2D eigenvalue weighted by molar-refractivity contribution is 0.424. The average Bonchev–Trinajstić information content (AvgIpc) is 2.94. The second-order valence-corrected chi connectivity index (χ2v) is 6.58. The van der Waals surface area contributed by atoms with Crippen molar-refractivity contribution >= 4 is 11.3 Å². The largest absolute Gasteiger partial charge is 0.308 e. The molecule has 0 spiro atoms. The van der Waals surface area contributed by atoms with E-state index >= 15 is 0 Å². The molecule has 0 amide bonds. The van der Waals surface area contributed by atoms with Crippen LogP contribution in [0.3, 0.4) is 0 Å². The first-order chi connectivity index (χ1) is 8.53. The molecule has 0 saturated heterocycles. The smallest absolute Gasteiger partial charge is 0.0534 e. The van der Waals surface area contributed by atoms with Crippen molar-refractivity contribution in [3.63, 3.8) is 0 Å². The maximum atomic E-state index is 4.40. The average molecular weight is 263 g/mol. The standard InChI is InChI=1S/C14H21N3S/c1-14(2,3)15-9-12-10-16-17(11-12)7-6-13-5-4-8-18-13/h4-5,8,10-11,15H,6-7,9H2,1-3H3. The van der Waals surface area contributed by atoms with Gasteiger partial charge in [-0.3, -0.25) is 4.68 Å². The summed E-state index contributed by atoms with van der Waals surface area (Å²) in [7, 11) is 0. The van der Waals surface area contributed by atoms with E-state index in [0.717, 1.165) is 19.5 Å². The Kier molecular flexibility index (Phi) is 4.19. The van der Waals surface area contributed by atoms with Crippen molar-refractivity contribution in [2.45, 2.75) is 45.8 Å². The fourth-order valence-corrected chi connectivity index (χ4v) is 2.36. The number of rotatable bonds is 5.